The van der Waals surface area contributed by atoms with Crippen molar-refractivity contribution in [2.24, 2.45) is 0 Å². The van der Waals surface area contributed by atoms with Gasteiger partial charge in [-0.05, 0) is 54.5 Å². The van der Waals surface area contributed by atoms with Crippen molar-refractivity contribution in [1.82, 2.24) is 5.32 Å². The Bertz CT molecular complexity index is 686. The number of halogens is 2. The summed E-state index contributed by atoms with van der Waals surface area (Å²) >= 11 is 9.30. The predicted molar refractivity (Wildman–Crippen MR) is 91.5 cm³/mol. The van der Waals surface area contributed by atoms with Crippen molar-refractivity contribution in [3.63, 3.8) is 0 Å². The first-order chi connectivity index (χ1) is 10.0. The lowest BCUT2D eigenvalue weighted by atomic mass is 10.2. The third-order valence-electron chi connectivity index (χ3n) is 2.75. The maximum absolute atomic E-state index is 11.8. The number of hydrogen-bond donors (Lipinski definition) is 2. The van der Waals surface area contributed by atoms with Crippen LogP contribution in [0.5, 0.6) is 0 Å². The van der Waals surface area contributed by atoms with Crippen LogP contribution in [0.2, 0.25) is 5.02 Å². The molecule has 2 amide bonds. The van der Waals surface area contributed by atoms with Gasteiger partial charge in [-0.1, -0.05) is 39.7 Å². The number of carbonyl (C=O) groups is 1. The van der Waals surface area contributed by atoms with Crippen molar-refractivity contribution in [2.75, 3.05) is 5.32 Å². The molecule has 0 radical (unpaired) electrons. The van der Waals surface area contributed by atoms with Crippen molar-refractivity contribution >= 4 is 45.3 Å². The number of nitrogens with one attached hydrogen (secondary N) is 2. The normalized spacial score (nSPS) is 10.6. The zero-order chi connectivity index (χ0) is 15.2. The first-order valence-electron chi connectivity index (χ1n) is 6.30. The second-order valence-electron chi connectivity index (χ2n) is 4.45. The number of amides is 2. The van der Waals surface area contributed by atoms with E-state index in [4.69, 9.17) is 11.6 Å². The maximum atomic E-state index is 11.8. The van der Waals surface area contributed by atoms with E-state index >= 15 is 0 Å². The third-order valence-corrected chi connectivity index (χ3v) is 3.88. The molecule has 5 heteroatoms. The minimum atomic E-state index is -0.296. The molecule has 0 aromatic heterocycles. The molecule has 3 nitrogen and oxygen atoms in total. The molecule has 2 aromatic rings. The predicted octanol–water partition coefficient (Wildman–Crippen LogP) is 5.20. The van der Waals surface area contributed by atoms with Gasteiger partial charge in [-0.15, -0.1) is 0 Å². The van der Waals surface area contributed by atoms with Crippen LogP contribution in [0.3, 0.4) is 0 Å². The molecule has 2 N–H and O–H groups in total. The van der Waals surface area contributed by atoms with Crippen LogP contribution in [-0.4, -0.2) is 6.03 Å². The highest BCUT2D eigenvalue weighted by atomic mass is 79.9. The lowest BCUT2D eigenvalue weighted by molar-refractivity contribution is 0.255. The average Bonchev–Trinajstić information content (AvgIpc) is 2.43. The van der Waals surface area contributed by atoms with E-state index in [1.165, 1.54) is 0 Å². The molecule has 0 spiro atoms. The van der Waals surface area contributed by atoms with Crippen LogP contribution in [0.1, 0.15) is 11.1 Å². The molecule has 0 heterocycles. The molecule has 0 fully saturated rings. The highest BCUT2D eigenvalue weighted by Crippen LogP contribution is 2.19. The molecule has 2 rings (SSSR count). The Morgan fingerprint density at radius 3 is 2.76 bits per heavy atom. The summed E-state index contributed by atoms with van der Waals surface area (Å²) in [6, 6.07) is 12.7. The quantitative estimate of drug-likeness (QED) is 0.771. The summed E-state index contributed by atoms with van der Waals surface area (Å²) in [7, 11) is 0. The number of aryl methyl sites for hydroxylation is 1. The SMILES string of the molecule is Cc1cc(NC(=O)N/C=C/c2cccc(Cl)c2)ccc1Br. The third kappa shape index (κ3) is 4.92. The van der Waals surface area contributed by atoms with E-state index in [9.17, 15) is 4.79 Å². The van der Waals surface area contributed by atoms with Crippen molar-refractivity contribution in [1.29, 1.82) is 0 Å². The molecule has 0 aliphatic carbocycles. The Morgan fingerprint density at radius 2 is 2.05 bits per heavy atom. The fourth-order valence-electron chi connectivity index (χ4n) is 1.71. The van der Waals surface area contributed by atoms with Crippen LogP contribution in [0.25, 0.3) is 6.08 Å². The number of urea groups is 1. The van der Waals surface area contributed by atoms with Crippen LogP contribution in [-0.2, 0) is 0 Å². The Balaban J connectivity index is 1.91. The van der Waals surface area contributed by atoms with Gasteiger partial charge < -0.3 is 10.6 Å². The molecule has 108 valence electrons. The van der Waals surface area contributed by atoms with Gasteiger partial charge >= 0.3 is 6.03 Å². The number of rotatable bonds is 3. The number of hydrogen-bond acceptors (Lipinski definition) is 1. The highest BCUT2D eigenvalue weighted by molar-refractivity contribution is 9.10. The summed E-state index contributed by atoms with van der Waals surface area (Å²) < 4.78 is 1.01. The summed E-state index contributed by atoms with van der Waals surface area (Å²) in [5.41, 5.74) is 2.72. The molecule has 0 aliphatic rings. The van der Waals surface area contributed by atoms with Crippen LogP contribution in [0, 0.1) is 6.92 Å². The molecule has 21 heavy (non-hydrogen) atoms. The largest absolute Gasteiger partial charge is 0.323 e. The highest BCUT2D eigenvalue weighted by Gasteiger charge is 2.01. The van der Waals surface area contributed by atoms with Crippen molar-refractivity contribution in [2.45, 2.75) is 6.92 Å². The Labute approximate surface area is 137 Å². The second kappa shape index (κ2) is 7.29. The molecule has 0 saturated heterocycles. The van der Waals surface area contributed by atoms with Gasteiger partial charge in [0.25, 0.3) is 0 Å². The topological polar surface area (TPSA) is 41.1 Å². The van der Waals surface area contributed by atoms with Gasteiger partial charge in [0.2, 0.25) is 0 Å². The van der Waals surface area contributed by atoms with Crippen LogP contribution in [0.4, 0.5) is 10.5 Å². The van der Waals surface area contributed by atoms with Crippen LogP contribution < -0.4 is 10.6 Å². The smallest absolute Gasteiger partial charge is 0.314 e. The molecule has 0 aliphatic heterocycles. The van der Waals surface area contributed by atoms with Gasteiger partial charge in [-0.2, -0.15) is 0 Å². The molecule has 0 atom stereocenters. The minimum absolute atomic E-state index is 0.296. The van der Waals surface area contributed by atoms with Gasteiger partial charge in [0.1, 0.15) is 0 Å². The van der Waals surface area contributed by atoms with E-state index in [1.54, 1.807) is 18.3 Å². The lowest BCUT2D eigenvalue weighted by Crippen LogP contribution is -2.23. The molecule has 2 aromatic carbocycles. The lowest BCUT2D eigenvalue weighted by Gasteiger charge is -2.06. The molecule has 0 bridgehead atoms. The van der Waals surface area contributed by atoms with E-state index < -0.39 is 0 Å². The van der Waals surface area contributed by atoms with E-state index in [0.717, 1.165) is 21.3 Å². The summed E-state index contributed by atoms with van der Waals surface area (Å²) in [4.78, 5) is 11.8. The second-order valence-corrected chi connectivity index (χ2v) is 5.74. The molecular weight excluding hydrogens is 352 g/mol. The standard InChI is InChI=1S/C16H14BrClN2O/c1-11-9-14(5-6-15(11)17)20-16(21)19-8-7-12-3-2-4-13(18)10-12/h2-10H,1H3,(H2,19,20,21)/b8-7+. The Morgan fingerprint density at radius 1 is 1.24 bits per heavy atom. The molecule has 0 saturated carbocycles. The van der Waals surface area contributed by atoms with Gasteiger partial charge in [0.15, 0.2) is 0 Å². The summed E-state index contributed by atoms with van der Waals surface area (Å²) in [5, 5.41) is 6.07. The summed E-state index contributed by atoms with van der Waals surface area (Å²) in [5.74, 6) is 0. The zero-order valence-electron chi connectivity index (χ0n) is 11.4. The van der Waals surface area contributed by atoms with Gasteiger partial charge in [-0.25, -0.2) is 4.79 Å². The molecular formula is C16H14BrClN2O. The van der Waals surface area contributed by atoms with Crippen molar-refractivity contribution in [3.05, 3.63) is 69.3 Å². The number of anilines is 1. The first kappa shape index (κ1) is 15.6. The van der Waals surface area contributed by atoms with E-state index in [-0.39, 0.29) is 6.03 Å². The van der Waals surface area contributed by atoms with Crippen molar-refractivity contribution < 1.29 is 4.79 Å². The maximum Gasteiger partial charge on any atom is 0.323 e. The zero-order valence-corrected chi connectivity index (χ0v) is 13.7. The fourth-order valence-corrected chi connectivity index (χ4v) is 2.16. The number of carbonyl (C=O) groups excluding carboxylic acids is 1. The fraction of sp³-hybridized carbons (Fsp3) is 0.0625. The first-order valence-corrected chi connectivity index (χ1v) is 7.47. The Kier molecular flexibility index (Phi) is 5.42. The average molecular weight is 366 g/mol. The van der Waals surface area contributed by atoms with Gasteiger partial charge in [-0.3, -0.25) is 0 Å². The van der Waals surface area contributed by atoms with Crippen LogP contribution in [0.15, 0.2) is 53.1 Å². The Hall–Kier alpha value is -1.78. The summed E-state index contributed by atoms with van der Waals surface area (Å²) in [6.07, 6.45) is 3.35. The monoisotopic (exact) mass is 364 g/mol. The van der Waals surface area contributed by atoms with E-state index in [1.807, 2.05) is 43.3 Å². The van der Waals surface area contributed by atoms with E-state index in [0.29, 0.717) is 5.02 Å². The summed E-state index contributed by atoms with van der Waals surface area (Å²) in [6.45, 7) is 1.96. The van der Waals surface area contributed by atoms with Gasteiger partial charge in [0.05, 0.1) is 0 Å². The number of benzene rings is 2. The van der Waals surface area contributed by atoms with Gasteiger partial charge in [0, 0.05) is 21.4 Å². The molecule has 0 unspecified atom stereocenters. The van der Waals surface area contributed by atoms with Crippen LogP contribution >= 0.6 is 27.5 Å². The minimum Gasteiger partial charge on any atom is -0.314 e. The van der Waals surface area contributed by atoms with E-state index in [2.05, 4.69) is 26.6 Å². The van der Waals surface area contributed by atoms with Crippen molar-refractivity contribution in [3.8, 4) is 0 Å².